The summed E-state index contributed by atoms with van der Waals surface area (Å²) in [6.45, 7) is 1.41. The number of benzene rings is 1. The van der Waals surface area contributed by atoms with Gasteiger partial charge in [0.2, 0.25) is 0 Å². The van der Waals surface area contributed by atoms with Gasteiger partial charge in [0.25, 0.3) is 0 Å². The maximum atomic E-state index is 13.7. The van der Waals surface area contributed by atoms with Crippen molar-refractivity contribution in [2.45, 2.75) is 13.1 Å². The van der Waals surface area contributed by atoms with E-state index in [4.69, 9.17) is 9.84 Å². The van der Waals surface area contributed by atoms with Crippen LogP contribution in [0.3, 0.4) is 0 Å². The second-order valence-electron chi connectivity index (χ2n) is 4.01. The number of H-pyrrole nitrogens is 1. The summed E-state index contributed by atoms with van der Waals surface area (Å²) in [5, 5.41) is 15.2. The lowest BCUT2D eigenvalue weighted by molar-refractivity contribution is 0.0690. The third-order valence-corrected chi connectivity index (χ3v) is 2.77. The number of rotatable bonds is 4. The van der Waals surface area contributed by atoms with E-state index >= 15 is 0 Å². The number of aromatic carboxylic acids is 1. The van der Waals surface area contributed by atoms with Gasteiger partial charge in [0.15, 0.2) is 0 Å². The standard InChI is InChI=1S/C13H13FN2O3/c1-7(14)8-4-3-5-11(19-2)12(8)9-6-10(13(17)18)16-15-9/h3-7H,1-2H3,(H,15,16)(H,17,18). The molecule has 2 rings (SSSR count). The lowest BCUT2D eigenvalue weighted by atomic mass is 10.00. The molecule has 2 N–H and O–H groups in total. The highest BCUT2D eigenvalue weighted by Gasteiger charge is 2.19. The minimum atomic E-state index is -1.21. The van der Waals surface area contributed by atoms with Gasteiger partial charge < -0.3 is 9.84 Å². The van der Waals surface area contributed by atoms with Crippen LogP contribution in [0.5, 0.6) is 5.75 Å². The third kappa shape index (κ3) is 2.42. The number of aromatic amines is 1. The predicted molar refractivity (Wildman–Crippen MR) is 67.1 cm³/mol. The Balaban J connectivity index is 2.61. The van der Waals surface area contributed by atoms with Gasteiger partial charge in [0.1, 0.15) is 17.6 Å². The zero-order valence-corrected chi connectivity index (χ0v) is 10.5. The van der Waals surface area contributed by atoms with Crippen LogP contribution >= 0.6 is 0 Å². The van der Waals surface area contributed by atoms with Crippen LogP contribution in [0, 0.1) is 0 Å². The van der Waals surface area contributed by atoms with E-state index < -0.39 is 12.1 Å². The van der Waals surface area contributed by atoms with E-state index in [0.29, 0.717) is 22.6 Å². The van der Waals surface area contributed by atoms with Gasteiger partial charge in [-0.25, -0.2) is 9.18 Å². The molecule has 1 aromatic carbocycles. The number of methoxy groups -OCH3 is 1. The highest BCUT2D eigenvalue weighted by Crippen LogP contribution is 2.36. The number of carboxylic acids is 1. The van der Waals surface area contributed by atoms with E-state index in [2.05, 4.69) is 10.2 Å². The van der Waals surface area contributed by atoms with Crippen molar-refractivity contribution in [3.05, 3.63) is 35.5 Å². The molecule has 0 radical (unpaired) electrons. The largest absolute Gasteiger partial charge is 0.496 e. The Kier molecular flexibility index (Phi) is 3.50. The summed E-state index contributed by atoms with van der Waals surface area (Å²) in [4.78, 5) is 10.8. The maximum absolute atomic E-state index is 13.7. The molecule has 5 nitrogen and oxygen atoms in total. The van der Waals surface area contributed by atoms with Gasteiger partial charge in [-0.15, -0.1) is 0 Å². The number of carbonyl (C=O) groups is 1. The zero-order chi connectivity index (χ0) is 14.0. The summed E-state index contributed by atoms with van der Waals surface area (Å²) >= 11 is 0. The molecule has 0 aliphatic carbocycles. The number of nitrogens with one attached hydrogen (secondary N) is 1. The van der Waals surface area contributed by atoms with Gasteiger partial charge >= 0.3 is 5.97 Å². The first-order valence-corrected chi connectivity index (χ1v) is 5.64. The molecule has 100 valence electrons. The molecule has 1 aromatic heterocycles. The van der Waals surface area contributed by atoms with E-state index in [1.807, 2.05) is 0 Å². The first-order valence-electron chi connectivity index (χ1n) is 5.64. The monoisotopic (exact) mass is 264 g/mol. The van der Waals surface area contributed by atoms with Crippen molar-refractivity contribution >= 4 is 5.97 Å². The number of halogens is 1. The van der Waals surface area contributed by atoms with Crippen molar-refractivity contribution in [1.29, 1.82) is 0 Å². The van der Waals surface area contributed by atoms with Crippen molar-refractivity contribution < 1.29 is 19.0 Å². The van der Waals surface area contributed by atoms with Crippen LogP contribution in [-0.4, -0.2) is 28.4 Å². The number of aromatic nitrogens is 2. The molecule has 0 fully saturated rings. The van der Waals surface area contributed by atoms with E-state index in [1.54, 1.807) is 18.2 Å². The van der Waals surface area contributed by atoms with Gasteiger partial charge in [0, 0.05) is 0 Å². The molecule has 1 heterocycles. The molecule has 1 atom stereocenters. The van der Waals surface area contributed by atoms with Crippen LogP contribution in [0.25, 0.3) is 11.3 Å². The maximum Gasteiger partial charge on any atom is 0.353 e. The molecule has 1 unspecified atom stereocenters. The Morgan fingerprint density at radius 2 is 2.26 bits per heavy atom. The van der Waals surface area contributed by atoms with Gasteiger partial charge in [-0.1, -0.05) is 12.1 Å². The molecule has 2 aromatic rings. The van der Waals surface area contributed by atoms with Crippen LogP contribution in [0.2, 0.25) is 0 Å². The lowest BCUT2D eigenvalue weighted by Crippen LogP contribution is -1.96. The molecule has 6 heteroatoms. The summed E-state index contributed by atoms with van der Waals surface area (Å²) in [6.07, 6.45) is -1.21. The van der Waals surface area contributed by atoms with E-state index in [-0.39, 0.29) is 5.69 Å². The highest BCUT2D eigenvalue weighted by molar-refractivity contribution is 5.87. The SMILES string of the molecule is COc1cccc(C(C)F)c1-c1cc(C(=O)O)[nH]n1. The topological polar surface area (TPSA) is 75.2 Å². The molecule has 0 spiro atoms. The van der Waals surface area contributed by atoms with Crippen LogP contribution < -0.4 is 4.74 Å². The fraction of sp³-hybridized carbons (Fsp3) is 0.231. The Labute approximate surface area is 109 Å². The quantitative estimate of drug-likeness (QED) is 0.890. The molecule has 0 saturated carbocycles. The van der Waals surface area contributed by atoms with E-state index in [0.717, 1.165) is 0 Å². The van der Waals surface area contributed by atoms with Crippen LogP contribution in [0.15, 0.2) is 24.3 Å². The second-order valence-corrected chi connectivity index (χ2v) is 4.01. The van der Waals surface area contributed by atoms with Crippen molar-refractivity contribution in [3.8, 4) is 17.0 Å². The van der Waals surface area contributed by atoms with Crippen LogP contribution in [0.1, 0.15) is 29.1 Å². The zero-order valence-electron chi connectivity index (χ0n) is 10.5. The van der Waals surface area contributed by atoms with Crippen molar-refractivity contribution in [3.63, 3.8) is 0 Å². The number of hydrogen-bond donors (Lipinski definition) is 2. The van der Waals surface area contributed by atoms with Gasteiger partial charge in [0.05, 0.1) is 18.4 Å². The molecular formula is C13H13FN2O3. The van der Waals surface area contributed by atoms with Crippen molar-refractivity contribution in [2.24, 2.45) is 0 Å². The fourth-order valence-electron chi connectivity index (χ4n) is 1.88. The fourth-order valence-corrected chi connectivity index (χ4v) is 1.88. The minimum absolute atomic E-state index is 0.0571. The summed E-state index contributed by atoms with van der Waals surface area (Å²) in [5.74, 6) is -0.672. The second kappa shape index (κ2) is 5.09. The Bertz CT molecular complexity index is 608. The summed E-state index contributed by atoms with van der Waals surface area (Å²) < 4.78 is 18.8. The smallest absolute Gasteiger partial charge is 0.353 e. The van der Waals surface area contributed by atoms with E-state index in [1.165, 1.54) is 20.1 Å². The number of carboxylic acid groups (broad SMARTS) is 1. The number of nitrogens with zero attached hydrogens (tertiary/aromatic N) is 1. The first kappa shape index (κ1) is 13.1. The molecule has 19 heavy (non-hydrogen) atoms. The van der Waals surface area contributed by atoms with E-state index in [9.17, 15) is 9.18 Å². The van der Waals surface area contributed by atoms with Crippen molar-refractivity contribution in [1.82, 2.24) is 10.2 Å². The predicted octanol–water partition coefficient (Wildman–Crippen LogP) is 2.81. The molecule has 0 bridgehead atoms. The number of alkyl halides is 1. The minimum Gasteiger partial charge on any atom is -0.496 e. The highest BCUT2D eigenvalue weighted by atomic mass is 19.1. The average Bonchev–Trinajstić information content (AvgIpc) is 2.87. The normalized spacial score (nSPS) is 12.2. The molecule has 0 amide bonds. The van der Waals surface area contributed by atoms with Crippen LogP contribution in [0.4, 0.5) is 4.39 Å². The molecule has 0 aliphatic rings. The number of ether oxygens (including phenoxy) is 1. The first-order chi connectivity index (χ1) is 9.04. The summed E-state index contributed by atoms with van der Waals surface area (Å²) in [7, 11) is 1.47. The van der Waals surface area contributed by atoms with Gasteiger partial charge in [-0.3, -0.25) is 5.10 Å². The van der Waals surface area contributed by atoms with Crippen molar-refractivity contribution in [2.75, 3.05) is 7.11 Å². The molecule has 0 saturated heterocycles. The Morgan fingerprint density at radius 3 is 2.79 bits per heavy atom. The lowest BCUT2D eigenvalue weighted by Gasteiger charge is -2.12. The summed E-state index contributed by atoms with van der Waals surface area (Å²) in [6, 6.07) is 6.33. The Morgan fingerprint density at radius 1 is 1.53 bits per heavy atom. The van der Waals surface area contributed by atoms with Crippen LogP contribution in [-0.2, 0) is 0 Å². The number of hydrogen-bond acceptors (Lipinski definition) is 3. The Hall–Kier alpha value is -2.37. The summed E-state index contributed by atoms with van der Waals surface area (Å²) in [5.41, 5.74) is 1.15. The van der Waals surface area contributed by atoms with Gasteiger partial charge in [-0.05, 0) is 24.6 Å². The molecule has 0 aliphatic heterocycles. The third-order valence-electron chi connectivity index (χ3n) is 2.77. The molecular weight excluding hydrogens is 251 g/mol. The van der Waals surface area contributed by atoms with Gasteiger partial charge in [-0.2, -0.15) is 5.10 Å². The average molecular weight is 264 g/mol.